The van der Waals surface area contributed by atoms with Crippen molar-refractivity contribution in [3.63, 3.8) is 0 Å². The van der Waals surface area contributed by atoms with Crippen LogP contribution in [0.4, 0.5) is 4.39 Å². The molecule has 0 spiro atoms. The molecule has 0 saturated heterocycles. The van der Waals surface area contributed by atoms with Crippen LogP contribution in [0.5, 0.6) is 11.5 Å². The van der Waals surface area contributed by atoms with Crippen molar-refractivity contribution in [3.05, 3.63) is 58.4 Å². The van der Waals surface area contributed by atoms with Crippen molar-refractivity contribution in [2.45, 2.75) is 13.2 Å². The molecule has 5 heteroatoms. The summed E-state index contributed by atoms with van der Waals surface area (Å²) < 4.78 is 24.4. The van der Waals surface area contributed by atoms with Gasteiger partial charge in [0.05, 0.1) is 18.7 Å². The predicted molar refractivity (Wildman–Crippen MR) is 74.7 cm³/mol. The number of benzene rings is 2. The molecule has 0 fully saturated rings. The first-order chi connectivity index (χ1) is 9.65. The van der Waals surface area contributed by atoms with E-state index in [2.05, 4.69) is 0 Å². The summed E-state index contributed by atoms with van der Waals surface area (Å²) in [4.78, 5) is 0. The number of halogens is 2. The predicted octanol–water partition coefficient (Wildman–Crippen LogP) is 3.56. The SMILES string of the molecule is COc1ccc(CO)c(OCc2cccc(Cl)c2F)c1. The van der Waals surface area contributed by atoms with Gasteiger partial charge in [-0.15, -0.1) is 0 Å². The molecule has 0 bridgehead atoms. The first-order valence-electron chi connectivity index (χ1n) is 5.99. The highest BCUT2D eigenvalue weighted by atomic mass is 35.5. The molecule has 2 rings (SSSR count). The lowest BCUT2D eigenvalue weighted by Crippen LogP contribution is -2.01. The van der Waals surface area contributed by atoms with Gasteiger partial charge in [0.15, 0.2) is 0 Å². The number of methoxy groups -OCH3 is 1. The number of aliphatic hydroxyl groups excluding tert-OH is 1. The van der Waals surface area contributed by atoms with Crippen LogP contribution in [0.1, 0.15) is 11.1 Å². The Kier molecular flexibility index (Phi) is 4.82. The van der Waals surface area contributed by atoms with Gasteiger partial charge >= 0.3 is 0 Å². The molecule has 106 valence electrons. The topological polar surface area (TPSA) is 38.7 Å². The van der Waals surface area contributed by atoms with Crippen LogP contribution in [0.2, 0.25) is 5.02 Å². The van der Waals surface area contributed by atoms with E-state index in [0.29, 0.717) is 22.6 Å². The Morgan fingerprint density at radius 2 is 2.00 bits per heavy atom. The molecule has 0 aliphatic rings. The first kappa shape index (κ1) is 14.6. The molecule has 2 aromatic rings. The highest BCUT2D eigenvalue weighted by molar-refractivity contribution is 6.30. The zero-order valence-electron chi connectivity index (χ0n) is 10.9. The van der Waals surface area contributed by atoms with Crippen molar-refractivity contribution < 1.29 is 19.0 Å². The van der Waals surface area contributed by atoms with E-state index in [1.807, 2.05) is 0 Å². The van der Waals surface area contributed by atoms with Crippen LogP contribution in [0.3, 0.4) is 0 Å². The standard InChI is InChI=1S/C15H14ClFO3/c1-19-12-6-5-10(8-18)14(7-12)20-9-11-3-2-4-13(16)15(11)17/h2-7,18H,8-9H2,1H3. The number of hydrogen-bond donors (Lipinski definition) is 1. The quantitative estimate of drug-likeness (QED) is 0.917. The highest BCUT2D eigenvalue weighted by Gasteiger charge is 2.09. The fourth-order valence-electron chi connectivity index (χ4n) is 1.74. The summed E-state index contributed by atoms with van der Waals surface area (Å²) in [5, 5.41) is 9.32. The Balaban J connectivity index is 2.19. The van der Waals surface area contributed by atoms with Crippen molar-refractivity contribution >= 4 is 11.6 Å². The zero-order valence-corrected chi connectivity index (χ0v) is 11.7. The average Bonchev–Trinajstić information content (AvgIpc) is 2.48. The molecule has 0 amide bonds. The summed E-state index contributed by atoms with van der Waals surface area (Å²) in [5.74, 6) is 0.553. The maximum absolute atomic E-state index is 13.7. The van der Waals surface area contributed by atoms with Gasteiger partial charge in [-0.05, 0) is 18.2 Å². The highest BCUT2D eigenvalue weighted by Crippen LogP contribution is 2.26. The number of rotatable bonds is 5. The molecule has 0 atom stereocenters. The van der Waals surface area contributed by atoms with E-state index in [1.54, 1.807) is 30.3 Å². The second-order valence-electron chi connectivity index (χ2n) is 4.13. The average molecular weight is 297 g/mol. The summed E-state index contributed by atoms with van der Waals surface area (Å²) in [6.07, 6.45) is 0. The third-order valence-electron chi connectivity index (χ3n) is 2.86. The van der Waals surface area contributed by atoms with Crippen molar-refractivity contribution in [2.24, 2.45) is 0 Å². The lowest BCUT2D eigenvalue weighted by molar-refractivity contribution is 0.256. The maximum atomic E-state index is 13.7. The van der Waals surface area contributed by atoms with Crippen LogP contribution >= 0.6 is 11.6 Å². The van der Waals surface area contributed by atoms with Gasteiger partial charge in [-0.25, -0.2) is 4.39 Å². The second-order valence-corrected chi connectivity index (χ2v) is 4.54. The van der Waals surface area contributed by atoms with E-state index in [4.69, 9.17) is 21.1 Å². The van der Waals surface area contributed by atoms with Crippen LogP contribution in [0.15, 0.2) is 36.4 Å². The van der Waals surface area contributed by atoms with E-state index < -0.39 is 5.82 Å². The summed E-state index contributed by atoms with van der Waals surface area (Å²) in [6, 6.07) is 9.79. The maximum Gasteiger partial charge on any atom is 0.148 e. The van der Waals surface area contributed by atoms with E-state index in [1.165, 1.54) is 13.2 Å². The molecule has 0 radical (unpaired) electrons. The minimum Gasteiger partial charge on any atom is -0.497 e. The van der Waals surface area contributed by atoms with Gasteiger partial charge in [0.2, 0.25) is 0 Å². The molecule has 0 aliphatic carbocycles. The Labute approximate surface area is 121 Å². The molecule has 0 aliphatic heterocycles. The molecule has 0 unspecified atom stereocenters. The van der Waals surface area contributed by atoms with Crippen LogP contribution in [0.25, 0.3) is 0 Å². The molecule has 1 N–H and O–H groups in total. The van der Waals surface area contributed by atoms with Gasteiger partial charge < -0.3 is 14.6 Å². The van der Waals surface area contributed by atoms with E-state index in [9.17, 15) is 9.50 Å². The first-order valence-corrected chi connectivity index (χ1v) is 6.37. The molecular weight excluding hydrogens is 283 g/mol. The lowest BCUT2D eigenvalue weighted by Gasteiger charge is -2.12. The number of hydrogen-bond acceptors (Lipinski definition) is 3. The number of ether oxygens (including phenoxy) is 2. The van der Waals surface area contributed by atoms with Crippen molar-refractivity contribution in [1.82, 2.24) is 0 Å². The van der Waals surface area contributed by atoms with E-state index >= 15 is 0 Å². The van der Waals surface area contributed by atoms with Gasteiger partial charge in [0.1, 0.15) is 23.9 Å². The minimum absolute atomic E-state index is 0.0204. The Morgan fingerprint density at radius 1 is 1.20 bits per heavy atom. The van der Waals surface area contributed by atoms with Crippen molar-refractivity contribution in [2.75, 3.05) is 7.11 Å². The molecule has 0 heterocycles. The molecule has 20 heavy (non-hydrogen) atoms. The summed E-state index contributed by atoms with van der Waals surface area (Å²) in [5.41, 5.74) is 0.956. The molecule has 0 saturated carbocycles. The Bertz CT molecular complexity index is 602. The van der Waals surface area contributed by atoms with Crippen LogP contribution in [-0.4, -0.2) is 12.2 Å². The summed E-state index contributed by atoms with van der Waals surface area (Å²) in [7, 11) is 1.54. The van der Waals surface area contributed by atoms with Gasteiger partial charge in [0.25, 0.3) is 0 Å². The van der Waals surface area contributed by atoms with Gasteiger partial charge in [-0.2, -0.15) is 0 Å². The minimum atomic E-state index is -0.498. The lowest BCUT2D eigenvalue weighted by atomic mass is 10.2. The Hall–Kier alpha value is -1.78. The van der Waals surface area contributed by atoms with Gasteiger partial charge in [-0.3, -0.25) is 0 Å². The van der Waals surface area contributed by atoms with Gasteiger partial charge in [0, 0.05) is 17.2 Å². The normalized spacial score (nSPS) is 10.4. The molecule has 2 aromatic carbocycles. The smallest absolute Gasteiger partial charge is 0.148 e. The van der Waals surface area contributed by atoms with E-state index in [0.717, 1.165) is 0 Å². The second kappa shape index (κ2) is 6.59. The van der Waals surface area contributed by atoms with Crippen LogP contribution < -0.4 is 9.47 Å². The molecule has 3 nitrogen and oxygen atoms in total. The number of aliphatic hydroxyl groups is 1. The molecule has 0 aromatic heterocycles. The van der Waals surface area contributed by atoms with E-state index in [-0.39, 0.29) is 18.2 Å². The fraction of sp³-hybridized carbons (Fsp3) is 0.200. The summed E-state index contributed by atoms with van der Waals surface area (Å²) >= 11 is 5.71. The summed E-state index contributed by atoms with van der Waals surface area (Å²) in [6.45, 7) is -0.149. The van der Waals surface area contributed by atoms with Crippen LogP contribution in [-0.2, 0) is 13.2 Å². The monoisotopic (exact) mass is 296 g/mol. The Morgan fingerprint density at radius 3 is 2.70 bits per heavy atom. The van der Waals surface area contributed by atoms with Gasteiger partial charge in [-0.1, -0.05) is 23.7 Å². The third-order valence-corrected chi connectivity index (χ3v) is 3.15. The largest absolute Gasteiger partial charge is 0.497 e. The zero-order chi connectivity index (χ0) is 14.5. The third kappa shape index (κ3) is 3.21. The fourth-order valence-corrected chi connectivity index (χ4v) is 1.94. The van der Waals surface area contributed by atoms with Crippen molar-refractivity contribution in [3.8, 4) is 11.5 Å². The van der Waals surface area contributed by atoms with Crippen LogP contribution in [0, 0.1) is 5.82 Å². The molecular formula is C15H14ClFO3. The van der Waals surface area contributed by atoms with Crippen molar-refractivity contribution in [1.29, 1.82) is 0 Å².